The maximum atomic E-state index is 13.0. The van der Waals surface area contributed by atoms with Gasteiger partial charge in [0.25, 0.3) is 5.91 Å². The number of nitrogens with one attached hydrogen (secondary N) is 1. The smallest absolute Gasteiger partial charge is 0.305 e. The van der Waals surface area contributed by atoms with Gasteiger partial charge < -0.3 is 10.4 Å². The largest absolute Gasteiger partial charge is 0.481 e. The number of carbonyl (C=O) groups is 3. The number of carbonyl (C=O) groups excluding carboxylic acids is 2. The molecule has 0 saturated carbocycles. The first-order chi connectivity index (χ1) is 12.8. The molecule has 1 aliphatic rings. The highest BCUT2D eigenvalue weighted by Crippen LogP contribution is 2.21. The molecule has 2 N–H and O–H groups in total. The molecular weight excluding hydrogens is 353 g/mol. The zero-order chi connectivity index (χ0) is 20.0. The van der Waals surface area contributed by atoms with Gasteiger partial charge in [0.1, 0.15) is 11.5 Å². The molecule has 27 heavy (non-hydrogen) atoms. The summed E-state index contributed by atoms with van der Waals surface area (Å²) >= 11 is 0. The molecule has 0 unspecified atom stereocenters. The van der Waals surface area contributed by atoms with Gasteiger partial charge >= 0.3 is 5.97 Å². The van der Waals surface area contributed by atoms with Crippen molar-refractivity contribution >= 4 is 23.5 Å². The summed E-state index contributed by atoms with van der Waals surface area (Å²) in [6.45, 7) is 3.78. The molecule has 1 heterocycles. The third-order valence-electron chi connectivity index (χ3n) is 4.83. The molecule has 0 aromatic heterocycles. The molecule has 0 saturated heterocycles. The molecule has 1 aromatic rings. The molecule has 2 rings (SSSR count). The van der Waals surface area contributed by atoms with E-state index < -0.39 is 17.4 Å². The maximum Gasteiger partial charge on any atom is 0.305 e. The molecule has 0 atom stereocenters. The number of carboxylic acids is 1. The maximum absolute atomic E-state index is 13.0. The van der Waals surface area contributed by atoms with E-state index in [1.165, 1.54) is 17.1 Å². The molecule has 1 aromatic carbocycles. The molecular formula is C19H24FN3O4. The Morgan fingerprint density at radius 1 is 1.22 bits per heavy atom. The molecule has 1 aliphatic heterocycles. The Balaban J connectivity index is 2.15. The minimum atomic E-state index is -0.988. The highest BCUT2D eigenvalue weighted by Gasteiger charge is 2.33. The Kier molecular flexibility index (Phi) is 6.65. The average molecular weight is 377 g/mol. The van der Waals surface area contributed by atoms with Gasteiger partial charge in [0.15, 0.2) is 0 Å². The van der Waals surface area contributed by atoms with Crippen molar-refractivity contribution in [3.05, 3.63) is 35.6 Å². The van der Waals surface area contributed by atoms with Crippen LogP contribution < -0.4 is 5.32 Å². The number of hydrogen-bond donors (Lipinski definition) is 2. The predicted octanol–water partition coefficient (Wildman–Crippen LogP) is 2.45. The van der Waals surface area contributed by atoms with Crippen molar-refractivity contribution in [2.24, 2.45) is 5.10 Å². The van der Waals surface area contributed by atoms with Gasteiger partial charge in [-0.15, -0.1) is 0 Å². The van der Waals surface area contributed by atoms with Crippen LogP contribution in [-0.2, 0) is 20.9 Å². The molecule has 7 nitrogen and oxygen atoms in total. The van der Waals surface area contributed by atoms with Crippen molar-refractivity contribution in [3.8, 4) is 0 Å². The van der Waals surface area contributed by atoms with Crippen LogP contribution in [0.1, 0.15) is 51.5 Å². The minimum absolute atomic E-state index is 0.137. The zero-order valence-corrected chi connectivity index (χ0v) is 15.5. The van der Waals surface area contributed by atoms with E-state index >= 15 is 0 Å². The average Bonchev–Trinajstić information content (AvgIpc) is 2.64. The summed E-state index contributed by atoms with van der Waals surface area (Å²) < 4.78 is 13.0. The summed E-state index contributed by atoms with van der Waals surface area (Å²) in [5.41, 5.74) is 0.0279. The van der Waals surface area contributed by atoms with Crippen LogP contribution in [0.3, 0.4) is 0 Å². The minimum Gasteiger partial charge on any atom is -0.481 e. The lowest BCUT2D eigenvalue weighted by Crippen LogP contribution is -2.52. The van der Waals surface area contributed by atoms with Crippen molar-refractivity contribution in [2.75, 3.05) is 0 Å². The zero-order valence-electron chi connectivity index (χ0n) is 15.5. The van der Waals surface area contributed by atoms with Gasteiger partial charge in [-0.3, -0.25) is 14.4 Å². The molecule has 146 valence electrons. The molecule has 8 heteroatoms. The van der Waals surface area contributed by atoms with Gasteiger partial charge in [-0.1, -0.05) is 26.0 Å². The van der Waals surface area contributed by atoms with E-state index in [0.29, 0.717) is 18.4 Å². The van der Waals surface area contributed by atoms with Gasteiger partial charge in [0.2, 0.25) is 5.91 Å². The summed E-state index contributed by atoms with van der Waals surface area (Å²) in [5.74, 6) is -2.05. The van der Waals surface area contributed by atoms with E-state index in [-0.39, 0.29) is 43.2 Å². The molecule has 0 bridgehead atoms. The fourth-order valence-corrected chi connectivity index (χ4v) is 2.97. The number of amides is 2. The van der Waals surface area contributed by atoms with Gasteiger partial charge in [0.05, 0.1) is 18.5 Å². The van der Waals surface area contributed by atoms with Crippen LogP contribution in [0, 0.1) is 5.82 Å². The second-order valence-corrected chi connectivity index (χ2v) is 6.64. The lowest BCUT2D eigenvalue weighted by atomic mass is 9.88. The van der Waals surface area contributed by atoms with E-state index in [4.69, 9.17) is 5.11 Å². The van der Waals surface area contributed by atoms with E-state index in [0.717, 1.165) is 0 Å². The first-order valence-corrected chi connectivity index (χ1v) is 8.95. The SMILES string of the molecule is CCC(CC)(CC(=O)O)NC(=O)C1=NN(Cc2ccc(F)cc2)C(=O)CC1. The summed E-state index contributed by atoms with van der Waals surface area (Å²) in [6.07, 6.45) is 1.08. The van der Waals surface area contributed by atoms with Gasteiger partial charge in [0, 0.05) is 12.8 Å². The van der Waals surface area contributed by atoms with Crippen LogP contribution in [0.25, 0.3) is 0 Å². The highest BCUT2D eigenvalue weighted by atomic mass is 19.1. The Hall–Kier alpha value is -2.77. The van der Waals surface area contributed by atoms with Crippen LogP contribution in [0.2, 0.25) is 0 Å². The van der Waals surface area contributed by atoms with E-state index in [1.807, 2.05) is 13.8 Å². The lowest BCUT2D eigenvalue weighted by molar-refractivity contribution is -0.139. The van der Waals surface area contributed by atoms with Crippen LogP contribution in [0.15, 0.2) is 29.4 Å². The Morgan fingerprint density at radius 3 is 2.41 bits per heavy atom. The van der Waals surface area contributed by atoms with Crippen molar-refractivity contribution in [1.82, 2.24) is 10.3 Å². The predicted molar refractivity (Wildman–Crippen MR) is 97.3 cm³/mol. The second kappa shape index (κ2) is 8.75. The van der Waals surface area contributed by atoms with Crippen molar-refractivity contribution in [1.29, 1.82) is 0 Å². The van der Waals surface area contributed by atoms with Crippen molar-refractivity contribution in [2.45, 2.75) is 58.0 Å². The summed E-state index contributed by atoms with van der Waals surface area (Å²) in [6, 6.07) is 5.70. The molecule has 0 spiro atoms. The van der Waals surface area contributed by atoms with Gasteiger partial charge in [-0.05, 0) is 30.5 Å². The number of hydrogen-bond acceptors (Lipinski definition) is 4. The van der Waals surface area contributed by atoms with E-state index in [9.17, 15) is 18.8 Å². The van der Waals surface area contributed by atoms with Crippen LogP contribution in [0.5, 0.6) is 0 Å². The first-order valence-electron chi connectivity index (χ1n) is 8.95. The van der Waals surface area contributed by atoms with E-state index in [2.05, 4.69) is 10.4 Å². The molecule has 2 amide bonds. The monoisotopic (exact) mass is 377 g/mol. The second-order valence-electron chi connectivity index (χ2n) is 6.64. The Morgan fingerprint density at radius 2 is 1.85 bits per heavy atom. The standard InChI is InChI=1S/C19H24FN3O4/c1-3-19(4-2,11-17(25)26)21-18(27)15-9-10-16(24)23(22-15)12-13-5-7-14(20)8-6-13/h5-8H,3-4,9-12H2,1-2H3,(H,21,27)(H,25,26). The van der Waals surface area contributed by atoms with Crippen molar-refractivity contribution < 1.29 is 23.9 Å². The van der Waals surface area contributed by atoms with Gasteiger partial charge in [-0.2, -0.15) is 5.10 Å². The summed E-state index contributed by atoms with van der Waals surface area (Å²) in [4.78, 5) is 35.9. The normalized spacial score (nSPS) is 14.7. The van der Waals surface area contributed by atoms with Crippen LogP contribution >= 0.6 is 0 Å². The highest BCUT2D eigenvalue weighted by molar-refractivity contribution is 6.39. The number of benzene rings is 1. The van der Waals surface area contributed by atoms with Gasteiger partial charge in [-0.25, -0.2) is 9.40 Å². The topological polar surface area (TPSA) is 99.1 Å². The lowest BCUT2D eigenvalue weighted by Gasteiger charge is -2.32. The molecule has 0 radical (unpaired) electrons. The Labute approximate surface area is 157 Å². The fraction of sp³-hybridized carbons (Fsp3) is 0.474. The molecule has 0 aliphatic carbocycles. The van der Waals surface area contributed by atoms with Crippen LogP contribution in [-0.4, -0.2) is 39.1 Å². The number of rotatable bonds is 8. The summed E-state index contributed by atoms with van der Waals surface area (Å²) in [5, 5.41) is 17.3. The van der Waals surface area contributed by atoms with Crippen molar-refractivity contribution in [3.63, 3.8) is 0 Å². The fourth-order valence-electron chi connectivity index (χ4n) is 2.97. The Bertz CT molecular complexity index is 742. The number of nitrogens with zero attached hydrogens (tertiary/aromatic N) is 2. The number of aliphatic carboxylic acids is 1. The number of halogens is 1. The summed E-state index contributed by atoms with van der Waals surface area (Å²) in [7, 11) is 0. The number of carboxylic acid groups (broad SMARTS) is 1. The number of hydrazone groups is 1. The van der Waals surface area contributed by atoms with Crippen LogP contribution in [0.4, 0.5) is 4.39 Å². The quantitative estimate of drug-likeness (QED) is 0.727. The van der Waals surface area contributed by atoms with E-state index in [1.54, 1.807) is 12.1 Å². The first kappa shape index (κ1) is 20.5. The molecule has 0 fully saturated rings. The third-order valence-corrected chi connectivity index (χ3v) is 4.83. The third kappa shape index (κ3) is 5.35.